The molecule has 3 aromatic carbocycles. The zero-order chi connectivity index (χ0) is 24.9. The predicted molar refractivity (Wildman–Crippen MR) is 138 cm³/mol. The number of hydrogen-bond donors (Lipinski definition) is 0. The number of carbonyl (C=O) groups is 1. The van der Waals surface area contributed by atoms with Crippen LogP contribution in [0.1, 0.15) is 18.1 Å². The fourth-order valence-corrected chi connectivity index (χ4v) is 4.82. The SMILES string of the molecule is CCN1C(=O)/C(=C\c2ccc(OCc3ccc([N+](=O)[O-])cc3)c(Br)c2)SC1=Nc1ccc(F)cc1. The van der Waals surface area contributed by atoms with E-state index in [4.69, 9.17) is 4.74 Å². The Bertz CT molecular complexity index is 1330. The lowest BCUT2D eigenvalue weighted by atomic mass is 10.2. The molecule has 1 heterocycles. The average Bonchev–Trinajstić information content (AvgIpc) is 3.13. The number of amidine groups is 1. The van der Waals surface area contributed by atoms with Crippen LogP contribution in [0.5, 0.6) is 5.75 Å². The number of hydrogen-bond acceptors (Lipinski definition) is 6. The molecule has 35 heavy (non-hydrogen) atoms. The molecule has 0 bridgehead atoms. The molecule has 0 saturated carbocycles. The number of benzene rings is 3. The van der Waals surface area contributed by atoms with Crippen LogP contribution < -0.4 is 4.74 Å². The number of nitro benzene ring substituents is 1. The van der Waals surface area contributed by atoms with Crippen LogP contribution in [0.4, 0.5) is 15.8 Å². The van der Waals surface area contributed by atoms with Gasteiger partial charge in [-0.1, -0.05) is 6.07 Å². The van der Waals surface area contributed by atoms with Crippen LogP contribution in [0.3, 0.4) is 0 Å². The Labute approximate surface area is 213 Å². The van der Waals surface area contributed by atoms with Crippen molar-refractivity contribution in [1.29, 1.82) is 0 Å². The molecule has 1 aliphatic heterocycles. The summed E-state index contributed by atoms with van der Waals surface area (Å²) in [6, 6.07) is 17.4. The van der Waals surface area contributed by atoms with Gasteiger partial charge in [0.15, 0.2) is 5.17 Å². The molecule has 1 aliphatic rings. The number of amides is 1. The molecule has 0 unspecified atom stereocenters. The first-order valence-corrected chi connectivity index (χ1v) is 12.2. The van der Waals surface area contributed by atoms with Crippen molar-refractivity contribution in [3.8, 4) is 5.75 Å². The van der Waals surface area contributed by atoms with Crippen LogP contribution >= 0.6 is 27.7 Å². The van der Waals surface area contributed by atoms with E-state index in [0.29, 0.717) is 32.5 Å². The lowest BCUT2D eigenvalue weighted by Crippen LogP contribution is -2.28. The van der Waals surface area contributed by atoms with Crippen LogP contribution in [-0.4, -0.2) is 27.4 Å². The number of rotatable bonds is 7. The number of carbonyl (C=O) groups excluding carboxylic acids is 1. The Hall–Kier alpha value is -3.50. The van der Waals surface area contributed by atoms with Gasteiger partial charge in [0.05, 0.1) is 20.0 Å². The minimum Gasteiger partial charge on any atom is -0.488 e. The Morgan fingerprint density at radius 1 is 1.14 bits per heavy atom. The summed E-state index contributed by atoms with van der Waals surface area (Å²) in [5, 5.41) is 11.3. The third-order valence-corrected chi connectivity index (χ3v) is 6.68. The van der Waals surface area contributed by atoms with Gasteiger partial charge in [0.2, 0.25) is 0 Å². The summed E-state index contributed by atoms with van der Waals surface area (Å²) in [6.07, 6.45) is 1.79. The van der Waals surface area contributed by atoms with Gasteiger partial charge in [0.25, 0.3) is 11.6 Å². The average molecular weight is 556 g/mol. The molecule has 0 radical (unpaired) electrons. The standard InChI is InChI=1S/C25H19BrFN3O4S/c1-2-29-24(31)23(35-25(29)28-19-8-6-18(27)7-9-19)14-17-5-12-22(21(26)13-17)34-15-16-3-10-20(11-4-16)30(32)33/h3-14H,2,15H2,1H3/b23-14+,28-25?. The highest BCUT2D eigenvalue weighted by Crippen LogP contribution is 2.35. The Balaban J connectivity index is 1.48. The number of nitro groups is 1. The van der Waals surface area contributed by atoms with Crippen molar-refractivity contribution in [2.24, 2.45) is 4.99 Å². The maximum absolute atomic E-state index is 13.2. The van der Waals surface area contributed by atoms with Crippen molar-refractivity contribution in [1.82, 2.24) is 4.90 Å². The minimum absolute atomic E-state index is 0.0270. The number of thioether (sulfide) groups is 1. The monoisotopic (exact) mass is 555 g/mol. The highest BCUT2D eigenvalue weighted by Gasteiger charge is 2.32. The highest BCUT2D eigenvalue weighted by molar-refractivity contribution is 9.10. The quantitative estimate of drug-likeness (QED) is 0.184. The summed E-state index contributed by atoms with van der Waals surface area (Å²) in [6.45, 7) is 2.58. The summed E-state index contributed by atoms with van der Waals surface area (Å²) < 4.78 is 19.7. The van der Waals surface area contributed by atoms with Crippen molar-refractivity contribution in [2.45, 2.75) is 13.5 Å². The summed E-state index contributed by atoms with van der Waals surface area (Å²) >= 11 is 4.77. The van der Waals surface area contributed by atoms with Crippen LogP contribution in [0.25, 0.3) is 6.08 Å². The summed E-state index contributed by atoms with van der Waals surface area (Å²) in [5.74, 6) is 0.111. The zero-order valence-corrected chi connectivity index (χ0v) is 20.9. The Morgan fingerprint density at radius 2 is 1.86 bits per heavy atom. The van der Waals surface area contributed by atoms with Crippen molar-refractivity contribution >= 4 is 56.2 Å². The normalized spacial score (nSPS) is 15.7. The first-order chi connectivity index (χ1) is 16.8. The van der Waals surface area contributed by atoms with Crippen molar-refractivity contribution in [3.63, 3.8) is 0 Å². The second-order valence-electron chi connectivity index (χ2n) is 7.43. The number of halogens is 2. The molecular formula is C25H19BrFN3O4S. The molecule has 1 amide bonds. The lowest BCUT2D eigenvalue weighted by Gasteiger charge is -2.12. The summed E-state index contributed by atoms with van der Waals surface area (Å²) in [5.41, 5.74) is 2.20. The molecule has 7 nitrogen and oxygen atoms in total. The van der Waals surface area contributed by atoms with Gasteiger partial charge in [-0.05, 0) is 100 Å². The first-order valence-electron chi connectivity index (χ1n) is 10.6. The molecule has 178 valence electrons. The first kappa shape index (κ1) is 24.6. The Kier molecular flexibility index (Phi) is 7.62. The van der Waals surface area contributed by atoms with Crippen LogP contribution in [-0.2, 0) is 11.4 Å². The summed E-state index contributed by atoms with van der Waals surface area (Å²) in [7, 11) is 0. The maximum Gasteiger partial charge on any atom is 0.269 e. The molecule has 0 N–H and O–H groups in total. The molecule has 0 atom stereocenters. The lowest BCUT2D eigenvalue weighted by molar-refractivity contribution is -0.384. The van der Waals surface area contributed by atoms with E-state index in [0.717, 1.165) is 11.1 Å². The molecule has 0 aromatic heterocycles. The van der Waals surface area contributed by atoms with Gasteiger partial charge in [0, 0.05) is 18.7 Å². The van der Waals surface area contributed by atoms with Crippen molar-refractivity contribution < 1.29 is 18.8 Å². The Morgan fingerprint density at radius 3 is 2.49 bits per heavy atom. The molecule has 0 aliphatic carbocycles. The van der Waals surface area contributed by atoms with Crippen LogP contribution in [0.2, 0.25) is 0 Å². The van der Waals surface area contributed by atoms with E-state index in [9.17, 15) is 19.3 Å². The fraction of sp³-hybridized carbons (Fsp3) is 0.120. The largest absolute Gasteiger partial charge is 0.488 e. The number of non-ortho nitro benzene ring substituents is 1. The third kappa shape index (κ3) is 5.95. The smallest absolute Gasteiger partial charge is 0.269 e. The second kappa shape index (κ2) is 10.8. The van der Waals surface area contributed by atoms with Gasteiger partial charge in [0.1, 0.15) is 18.2 Å². The molecule has 4 rings (SSSR count). The maximum atomic E-state index is 13.2. The molecule has 0 spiro atoms. The summed E-state index contributed by atoms with van der Waals surface area (Å²) in [4.78, 5) is 29.8. The highest BCUT2D eigenvalue weighted by atomic mass is 79.9. The van der Waals surface area contributed by atoms with E-state index in [1.165, 1.54) is 36.0 Å². The fourth-order valence-electron chi connectivity index (χ4n) is 3.25. The van der Waals surface area contributed by atoms with E-state index in [1.807, 2.05) is 19.1 Å². The zero-order valence-electron chi connectivity index (χ0n) is 18.5. The van der Waals surface area contributed by atoms with Gasteiger partial charge in [-0.2, -0.15) is 0 Å². The van der Waals surface area contributed by atoms with Crippen LogP contribution in [0.15, 0.2) is 81.1 Å². The van der Waals surface area contributed by atoms with Gasteiger partial charge in [-0.15, -0.1) is 0 Å². The van der Waals surface area contributed by atoms with E-state index >= 15 is 0 Å². The second-order valence-corrected chi connectivity index (χ2v) is 9.30. The van der Waals surface area contributed by atoms with E-state index in [1.54, 1.807) is 41.3 Å². The number of likely N-dealkylation sites (N-methyl/N-ethyl adjacent to an activating group) is 1. The predicted octanol–water partition coefficient (Wildman–Crippen LogP) is 6.70. The van der Waals surface area contributed by atoms with Crippen molar-refractivity contribution in [3.05, 3.63) is 103 Å². The molecule has 3 aromatic rings. The van der Waals surface area contributed by atoms with Gasteiger partial charge in [-0.25, -0.2) is 9.38 Å². The third-order valence-electron chi connectivity index (χ3n) is 5.05. The van der Waals surface area contributed by atoms with Gasteiger partial charge >= 0.3 is 0 Å². The molecule has 10 heteroatoms. The number of aliphatic imine (C=N–C) groups is 1. The minimum atomic E-state index is -0.445. The molecular weight excluding hydrogens is 537 g/mol. The molecule has 1 saturated heterocycles. The topological polar surface area (TPSA) is 85.0 Å². The van der Waals surface area contributed by atoms with Gasteiger partial charge in [-0.3, -0.25) is 19.8 Å². The van der Waals surface area contributed by atoms with Crippen molar-refractivity contribution in [2.75, 3.05) is 6.54 Å². The van der Waals surface area contributed by atoms with E-state index < -0.39 is 4.92 Å². The van der Waals surface area contributed by atoms with Crippen LogP contribution in [0, 0.1) is 15.9 Å². The van der Waals surface area contributed by atoms with Gasteiger partial charge < -0.3 is 4.74 Å². The van der Waals surface area contributed by atoms with E-state index in [2.05, 4.69) is 20.9 Å². The number of ether oxygens (including phenoxy) is 1. The number of nitrogens with zero attached hydrogens (tertiary/aromatic N) is 3. The van der Waals surface area contributed by atoms with E-state index in [-0.39, 0.29) is 24.0 Å². The molecule has 1 fully saturated rings.